The fourth-order valence-electron chi connectivity index (χ4n) is 3.31. The molecule has 1 aromatic rings. The van der Waals surface area contributed by atoms with Crippen LogP contribution in [-0.4, -0.2) is 18.1 Å². The third kappa shape index (κ3) is 14.3. The summed E-state index contributed by atoms with van der Waals surface area (Å²) in [4.78, 5) is 24.0. The number of rotatable bonds is 17. The number of benzene rings is 1. The van der Waals surface area contributed by atoms with E-state index in [1.807, 2.05) is 0 Å². The van der Waals surface area contributed by atoms with Crippen molar-refractivity contribution in [3.63, 3.8) is 0 Å². The summed E-state index contributed by atoms with van der Waals surface area (Å²) < 4.78 is 17.8. The zero-order valence-electron chi connectivity index (χ0n) is 20.7. The van der Waals surface area contributed by atoms with Gasteiger partial charge in [-0.25, -0.2) is 0 Å². The summed E-state index contributed by atoms with van der Waals surface area (Å²) in [5.74, 6) is -2.67. The molecule has 2 unspecified atom stereocenters. The number of carbonyl (C=O) groups excluding carboxylic acids is 1. The third-order valence-electron chi connectivity index (χ3n) is 5.15. The Morgan fingerprint density at radius 1 is 0.969 bits per heavy atom. The summed E-state index contributed by atoms with van der Waals surface area (Å²) in [6.45, 7) is 5.09. The van der Waals surface area contributed by atoms with Crippen LogP contribution in [0.15, 0.2) is 30.3 Å². The summed E-state index contributed by atoms with van der Waals surface area (Å²) in [6, 6.07) is 8.67. The molecule has 0 aliphatic rings. The Balaban J connectivity index is 0. The van der Waals surface area contributed by atoms with E-state index in [9.17, 15) is 19.4 Å². The average Bonchev–Trinajstić information content (AvgIpc) is 2.68. The van der Waals surface area contributed by atoms with Gasteiger partial charge in [-0.15, -0.1) is 0 Å². The van der Waals surface area contributed by atoms with E-state index in [1.54, 1.807) is 30.3 Å². The molecule has 0 aliphatic carbocycles. The third-order valence-corrected chi connectivity index (χ3v) is 6.97. The Morgan fingerprint density at radius 3 is 1.91 bits per heavy atom. The number of nitrogens with one attached hydrogen (secondary N) is 1. The van der Waals surface area contributed by atoms with Crippen molar-refractivity contribution in [2.75, 3.05) is 6.54 Å². The molecule has 6 nitrogen and oxygen atoms in total. The number of carboxylic acids is 1. The maximum Gasteiger partial charge on any atom is 1.00 e. The molecule has 1 aromatic carbocycles. The second-order valence-electron chi connectivity index (χ2n) is 8.38. The molecule has 0 amide bonds. The fourth-order valence-corrected chi connectivity index (χ4v) is 5.01. The van der Waals surface area contributed by atoms with Crippen LogP contribution in [0.1, 0.15) is 96.3 Å². The van der Waals surface area contributed by atoms with E-state index >= 15 is 0 Å². The van der Waals surface area contributed by atoms with Gasteiger partial charge in [0.05, 0.1) is 11.8 Å². The molecule has 1 N–H and O–H groups in total. The second-order valence-corrected chi connectivity index (χ2v) is 10.2. The number of aliphatic carboxylic acids is 1. The zero-order valence-corrected chi connectivity index (χ0v) is 25.6. The van der Waals surface area contributed by atoms with Gasteiger partial charge in [0.25, 0.3) is 0 Å². The van der Waals surface area contributed by atoms with E-state index in [4.69, 9.17) is 4.52 Å². The SMILES string of the molecule is CCCCCCCCCCCCNC(c1ccccc1)P(=O)([O-])OC(C)(C)C(=O)[O-].[Na+].[Na+]. The number of carboxylic acid groups (broad SMARTS) is 1. The summed E-state index contributed by atoms with van der Waals surface area (Å²) in [5.41, 5.74) is -1.40. The van der Waals surface area contributed by atoms with Crippen molar-refractivity contribution in [2.45, 2.75) is 96.4 Å². The first-order valence-electron chi connectivity index (χ1n) is 11.2. The Bertz CT molecular complexity index is 661. The average molecular weight is 486 g/mol. The first-order chi connectivity index (χ1) is 14.2. The largest absolute Gasteiger partial charge is 1.00 e. The number of hydrogen-bond acceptors (Lipinski definition) is 6. The molecular weight excluding hydrogens is 447 g/mol. The van der Waals surface area contributed by atoms with Gasteiger partial charge in [-0.1, -0.05) is 95.0 Å². The molecule has 0 fully saturated rings. The quantitative estimate of drug-likeness (QED) is 0.160. The molecule has 0 radical (unpaired) electrons. The van der Waals surface area contributed by atoms with Gasteiger partial charge >= 0.3 is 59.1 Å². The van der Waals surface area contributed by atoms with Crippen molar-refractivity contribution in [1.82, 2.24) is 5.32 Å². The van der Waals surface area contributed by atoms with Gasteiger partial charge in [0.15, 0.2) is 7.60 Å². The van der Waals surface area contributed by atoms with Crippen molar-refractivity contribution < 1.29 is 83.0 Å². The zero-order chi connectivity index (χ0) is 22.5. The minimum absolute atomic E-state index is 0. The normalized spacial score (nSPS) is 14.0. The summed E-state index contributed by atoms with van der Waals surface area (Å²) in [5, 5.41) is 14.2. The van der Waals surface area contributed by atoms with Gasteiger partial charge in [-0.05, 0) is 32.4 Å². The van der Waals surface area contributed by atoms with Crippen LogP contribution in [0.4, 0.5) is 0 Å². The Labute approximate surface area is 238 Å². The monoisotopic (exact) mass is 485 g/mol. The molecule has 0 saturated heterocycles. The molecular formula is C23H38NNa2O5P. The summed E-state index contributed by atoms with van der Waals surface area (Å²) in [7, 11) is -4.56. The van der Waals surface area contributed by atoms with Gasteiger partial charge in [-0.3, -0.25) is 0 Å². The summed E-state index contributed by atoms with van der Waals surface area (Å²) in [6.07, 6.45) is 12.0. The fraction of sp³-hybridized carbons (Fsp3) is 0.696. The van der Waals surface area contributed by atoms with Gasteiger partial charge in [0, 0.05) is 0 Å². The Hall–Kier alpha value is 0.800. The molecule has 0 saturated carbocycles. The molecule has 32 heavy (non-hydrogen) atoms. The van der Waals surface area contributed by atoms with E-state index < -0.39 is 24.9 Å². The predicted molar refractivity (Wildman–Crippen MR) is 117 cm³/mol. The van der Waals surface area contributed by atoms with Crippen LogP contribution in [0.3, 0.4) is 0 Å². The van der Waals surface area contributed by atoms with Crippen molar-refractivity contribution >= 4 is 13.6 Å². The van der Waals surface area contributed by atoms with E-state index in [1.165, 1.54) is 58.8 Å². The molecule has 0 heterocycles. The Kier molecular flexibility index (Phi) is 20.8. The van der Waals surface area contributed by atoms with Crippen LogP contribution in [0.25, 0.3) is 0 Å². The molecule has 0 aliphatic heterocycles. The van der Waals surface area contributed by atoms with Gasteiger partial charge in [0.2, 0.25) is 0 Å². The van der Waals surface area contributed by atoms with Gasteiger partial charge in [-0.2, -0.15) is 0 Å². The standard InChI is InChI=1S/C23H40NO5P.2Na/c1-4-5-6-7-8-9-10-11-12-16-19-24-21(20-17-14-13-15-18-20)30(27,28)29-23(2,3)22(25)26;;/h13-15,17-18,21,24H,4-12,16,19H2,1-3H3,(H,25,26)(H,27,28);;/q;2*+1/p-2. The van der Waals surface area contributed by atoms with Crippen LogP contribution in [0.5, 0.6) is 0 Å². The Morgan fingerprint density at radius 2 is 1.44 bits per heavy atom. The van der Waals surface area contributed by atoms with Crippen LogP contribution >= 0.6 is 7.60 Å². The maximum absolute atomic E-state index is 12.8. The van der Waals surface area contributed by atoms with Gasteiger partial charge in [0.1, 0.15) is 5.60 Å². The molecule has 9 heteroatoms. The first-order valence-corrected chi connectivity index (χ1v) is 12.8. The van der Waals surface area contributed by atoms with Crippen LogP contribution in [0, 0.1) is 0 Å². The number of hydrogen-bond donors (Lipinski definition) is 1. The van der Waals surface area contributed by atoms with Crippen LogP contribution < -0.4 is 74.4 Å². The van der Waals surface area contributed by atoms with Crippen molar-refractivity contribution in [3.05, 3.63) is 35.9 Å². The van der Waals surface area contributed by atoms with Crippen molar-refractivity contribution in [3.8, 4) is 0 Å². The van der Waals surface area contributed by atoms with Crippen LogP contribution in [-0.2, 0) is 13.9 Å². The number of carbonyl (C=O) groups is 1. The second kappa shape index (κ2) is 19.0. The topological polar surface area (TPSA) is 102 Å². The van der Waals surface area contributed by atoms with E-state index in [0.29, 0.717) is 12.1 Å². The minimum atomic E-state index is -4.56. The van der Waals surface area contributed by atoms with E-state index in [-0.39, 0.29) is 59.1 Å². The minimum Gasteiger partial charge on any atom is -0.777 e. The van der Waals surface area contributed by atoms with Crippen LogP contribution in [0.2, 0.25) is 0 Å². The molecule has 172 valence electrons. The predicted octanol–water partition coefficient (Wildman–Crippen LogP) is -1.70. The van der Waals surface area contributed by atoms with E-state index in [0.717, 1.165) is 19.3 Å². The van der Waals surface area contributed by atoms with Crippen molar-refractivity contribution in [1.29, 1.82) is 0 Å². The maximum atomic E-state index is 12.8. The molecule has 0 spiro atoms. The molecule has 0 aromatic heterocycles. The molecule has 0 bridgehead atoms. The van der Waals surface area contributed by atoms with E-state index in [2.05, 4.69) is 12.2 Å². The number of unbranched alkanes of at least 4 members (excludes halogenated alkanes) is 9. The van der Waals surface area contributed by atoms with Crippen molar-refractivity contribution in [2.24, 2.45) is 0 Å². The van der Waals surface area contributed by atoms with Gasteiger partial charge < -0.3 is 29.2 Å². The molecule has 2 atom stereocenters. The smallest absolute Gasteiger partial charge is 0.777 e. The summed E-state index contributed by atoms with van der Waals surface area (Å²) >= 11 is 0. The first kappa shape index (κ1) is 35.0. The molecule has 1 rings (SSSR count).